The Balaban J connectivity index is 3.97. The number of phosphoric ester groups is 1. The largest absolute Gasteiger partial charge is 0.472 e. The fourth-order valence-electron chi connectivity index (χ4n) is 6.81. The number of hydrogen-bond donors (Lipinski definition) is 2. The van der Waals surface area contributed by atoms with Gasteiger partial charge in [-0.05, 0) is 77.0 Å². The van der Waals surface area contributed by atoms with Gasteiger partial charge in [0.2, 0.25) is 0 Å². The van der Waals surface area contributed by atoms with Crippen LogP contribution >= 0.6 is 7.82 Å². The molecule has 60 heavy (non-hydrogen) atoms. The van der Waals surface area contributed by atoms with Crippen LogP contribution in [0.15, 0.2) is 60.8 Å². The first-order valence-corrected chi connectivity index (χ1v) is 26.3. The number of hydrogen-bond acceptors (Lipinski definition) is 7. The number of carbonyl (C=O) groups is 1. The maximum absolute atomic E-state index is 12.6. The number of esters is 1. The van der Waals surface area contributed by atoms with E-state index in [2.05, 4.69) is 74.6 Å². The fraction of sp³-hybridized carbons (Fsp3) is 0.784. The van der Waals surface area contributed by atoms with Crippen molar-refractivity contribution in [2.24, 2.45) is 5.73 Å². The van der Waals surface area contributed by atoms with E-state index in [0.717, 1.165) is 57.8 Å². The number of phosphoric acid groups is 1. The SMILES string of the molecule is CC/C=C\C/C=C\C/C=C\C/C=C\CCCCCCCCCCCOCC(COP(=O)(O)OCCN)OC(=O)CCCCCCCCCCC/C=C\CCCCCCCC. The highest BCUT2D eigenvalue weighted by Crippen LogP contribution is 2.43. The molecule has 9 heteroatoms. The second-order valence-electron chi connectivity index (χ2n) is 16.3. The normalized spacial score (nSPS) is 13.9. The van der Waals surface area contributed by atoms with E-state index in [1.54, 1.807) is 0 Å². The smallest absolute Gasteiger partial charge is 0.457 e. The summed E-state index contributed by atoms with van der Waals surface area (Å²) < 4.78 is 33.6. The molecule has 0 heterocycles. The highest BCUT2D eigenvalue weighted by molar-refractivity contribution is 7.47. The van der Waals surface area contributed by atoms with E-state index in [9.17, 15) is 14.3 Å². The summed E-state index contributed by atoms with van der Waals surface area (Å²) in [6.45, 7) is 4.81. The summed E-state index contributed by atoms with van der Waals surface area (Å²) >= 11 is 0. The van der Waals surface area contributed by atoms with E-state index >= 15 is 0 Å². The first kappa shape index (κ1) is 58.2. The Hall–Kier alpha value is -1.80. The van der Waals surface area contributed by atoms with Gasteiger partial charge in [0, 0.05) is 19.6 Å². The molecule has 0 aliphatic heterocycles. The summed E-state index contributed by atoms with van der Waals surface area (Å²) in [5, 5.41) is 0. The standard InChI is InChI=1S/C51H94NO7P/c1-3-5-7-9-11-13-15-17-19-21-23-24-25-27-29-31-33-35-37-39-41-43-46-56-48-50(49-58-60(54,55)57-47-45-52)59-51(53)44-42-40-38-36-34-32-30-28-26-22-20-18-16-14-12-10-8-6-4-2/h5,7,11,13,17-20,23-24,50H,3-4,6,8-10,12,14-16,21-22,25-49,52H2,1-2H3,(H,54,55)/b7-5-,13-11-,19-17-,20-18-,24-23-. The lowest BCUT2D eigenvalue weighted by molar-refractivity contribution is -0.154. The van der Waals surface area contributed by atoms with Crippen LogP contribution in [0, 0.1) is 0 Å². The first-order chi connectivity index (χ1) is 29.4. The Labute approximate surface area is 370 Å². The second kappa shape index (κ2) is 48.2. The van der Waals surface area contributed by atoms with Gasteiger partial charge in [-0.25, -0.2) is 4.57 Å². The van der Waals surface area contributed by atoms with Crippen LogP contribution in [0.5, 0.6) is 0 Å². The zero-order valence-electron chi connectivity index (χ0n) is 38.9. The van der Waals surface area contributed by atoms with Gasteiger partial charge in [-0.3, -0.25) is 13.8 Å². The van der Waals surface area contributed by atoms with Crippen LogP contribution in [0.4, 0.5) is 0 Å². The van der Waals surface area contributed by atoms with Crippen LogP contribution in [0.1, 0.15) is 219 Å². The third kappa shape index (κ3) is 47.3. The van der Waals surface area contributed by atoms with Gasteiger partial charge in [0.1, 0.15) is 6.10 Å². The van der Waals surface area contributed by atoms with Crippen LogP contribution in [0.3, 0.4) is 0 Å². The van der Waals surface area contributed by atoms with Crippen LogP contribution in [0.25, 0.3) is 0 Å². The fourth-order valence-corrected chi connectivity index (χ4v) is 7.57. The van der Waals surface area contributed by atoms with E-state index in [1.807, 2.05) is 0 Å². The molecule has 350 valence electrons. The van der Waals surface area contributed by atoms with Gasteiger partial charge >= 0.3 is 13.8 Å². The van der Waals surface area contributed by atoms with Gasteiger partial charge in [0.15, 0.2) is 0 Å². The van der Waals surface area contributed by atoms with Crippen molar-refractivity contribution in [2.75, 3.05) is 33.0 Å². The van der Waals surface area contributed by atoms with Crippen molar-refractivity contribution in [1.29, 1.82) is 0 Å². The van der Waals surface area contributed by atoms with Gasteiger partial charge in [0.25, 0.3) is 0 Å². The maximum Gasteiger partial charge on any atom is 0.472 e. The van der Waals surface area contributed by atoms with Crippen molar-refractivity contribution in [3.63, 3.8) is 0 Å². The van der Waals surface area contributed by atoms with Crippen LogP contribution in [-0.4, -0.2) is 49.9 Å². The second-order valence-corrected chi connectivity index (χ2v) is 17.7. The summed E-state index contributed by atoms with van der Waals surface area (Å²) in [5.74, 6) is -0.335. The molecule has 0 aliphatic carbocycles. The molecule has 0 bridgehead atoms. The molecule has 0 aromatic heterocycles. The lowest BCUT2D eigenvalue weighted by atomic mass is 10.1. The van der Waals surface area contributed by atoms with Crippen molar-refractivity contribution in [3.05, 3.63) is 60.8 Å². The lowest BCUT2D eigenvalue weighted by Gasteiger charge is -2.20. The average Bonchev–Trinajstić information content (AvgIpc) is 3.24. The number of unbranched alkanes of at least 4 members (excludes halogenated alkanes) is 24. The van der Waals surface area contributed by atoms with E-state index in [0.29, 0.717) is 13.0 Å². The van der Waals surface area contributed by atoms with Crippen LogP contribution in [-0.2, 0) is 27.9 Å². The van der Waals surface area contributed by atoms with E-state index in [-0.39, 0.29) is 32.3 Å². The summed E-state index contributed by atoms with van der Waals surface area (Å²) in [6.07, 6.45) is 59.6. The van der Waals surface area contributed by atoms with Gasteiger partial charge in [-0.15, -0.1) is 0 Å². The molecule has 0 aromatic carbocycles. The Bertz CT molecular complexity index is 1110. The number of carbonyl (C=O) groups excluding carboxylic acids is 1. The average molecular weight is 864 g/mol. The van der Waals surface area contributed by atoms with Gasteiger partial charge < -0.3 is 20.1 Å². The van der Waals surface area contributed by atoms with Crippen molar-refractivity contribution < 1.29 is 32.8 Å². The third-order valence-corrected chi connectivity index (χ3v) is 11.4. The molecule has 3 N–H and O–H groups in total. The Morgan fingerprint density at radius 2 is 0.933 bits per heavy atom. The molecule has 0 aliphatic rings. The quantitative estimate of drug-likeness (QED) is 0.0269. The van der Waals surface area contributed by atoms with Crippen molar-refractivity contribution in [2.45, 2.75) is 225 Å². The molecule has 0 rings (SSSR count). The summed E-state index contributed by atoms with van der Waals surface area (Å²) in [4.78, 5) is 22.6. The zero-order valence-corrected chi connectivity index (χ0v) is 39.8. The van der Waals surface area contributed by atoms with Crippen molar-refractivity contribution in [3.8, 4) is 0 Å². The molecule has 0 amide bonds. The molecule has 8 nitrogen and oxygen atoms in total. The van der Waals surface area contributed by atoms with E-state index in [1.165, 1.54) is 141 Å². The van der Waals surface area contributed by atoms with E-state index < -0.39 is 13.9 Å². The molecule has 0 fully saturated rings. The van der Waals surface area contributed by atoms with Crippen molar-refractivity contribution in [1.82, 2.24) is 0 Å². The molecule has 0 spiro atoms. The first-order valence-electron chi connectivity index (χ1n) is 24.8. The Morgan fingerprint density at radius 1 is 0.517 bits per heavy atom. The lowest BCUT2D eigenvalue weighted by Crippen LogP contribution is -2.28. The maximum atomic E-state index is 12.6. The number of allylic oxidation sites excluding steroid dienone is 10. The molecular formula is C51H94NO7P. The Kier molecular flexibility index (Phi) is 46.8. The predicted octanol–water partition coefficient (Wildman–Crippen LogP) is 15.3. The third-order valence-electron chi connectivity index (χ3n) is 10.4. The number of rotatable bonds is 47. The van der Waals surface area contributed by atoms with E-state index in [4.69, 9.17) is 24.3 Å². The minimum Gasteiger partial charge on any atom is -0.457 e. The molecule has 0 radical (unpaired) electrons. The molecule has 2 atom stereocenters. The number of ether oxygens (including phenoxy) is 2. The number of nitrogens with two attached hydrogens (primary N) is 1. The van der Waals surface area contributed by atoms with Crippen molar-refractivity contribution >= 4 is 13.8 Å². The predicted molar refractivity (Wildman–Crippen MR) is 256 cm³/mol. The molecule has 2 unspecified atom stereocenters. The molecular weight excluding hydrogens is 770 g/mol. The van der Waals surface area contributed by atoms with Crippen LogP contribution in [0.2, 0.25) is 0 Å². The van der Waals surface area contributed by atoms with Gasteiger partial charge in [-0.1, -0.05) is 197 Å². The topological polar surface area (TPSA) is 117 Å². The minimum atomic E-state index is -4.29. The summed E-state index contributed by atoms with van der Waals surface area (Å²) in [6, 6.07) is 0. The zero-order chi connectivity index (χ0) is 43.7. The molecule has 0 aromatic rings. The summed E-state index contributed by atoms with van der Waals surface area (Å²) in [7, 11) is -4.29. The monoisotopic (exact) mass is 864 g/mol. The minimum absolute atomic E-state index is 0.0972. The highest BCUT2D eigenvalue weighted by atomic mass is 31.2. The van der Waals surface area contributed by atoms with Gasteiger partial charge in [0.05, 0.1) is 19.8 Å². The highest BCUT2D eigenvalue weighted by Gasteiger charge is 2.25. The van der Waals surface area contributed by atoms with Crippen LogP contribution < -0.4 is 5.73 Å². The summed E-state index contributed by atoms with van der Waals surface area (Å²) in [5.41, 5.74) is 5.39. The Morgan fingerprint density at radius 3 is 1.42 bits per heavy atom. The molecule has 0 saturated carbocycles. The van der Waals surface area contributed by atoms with Gasteiger partial charge in [-0.2, -0.15) is 0 Å². The molecule has 0 saturated heterocycles.